The van der Waals surface area contributed by atoms with Crippen LogP contribution in [-0.4, -0.2) is 45.5 Å². The lowest BCUT2D eigenvalue weighted by atomic mass is 10.2. The van der Waals surface area contributed by atoms with E-state index in [4.69, 9.17) is 9.47 Å². The molecule has 4 rings (SSSR count). The van der Waals surface area contributed by atoms with Crippen molar-refractivity contribution in [3.8, 4) is 28.8 Å². The number of hydrogen-bond donors (Lipinski definition) is 0. The molecule has 0 radical (unpaired) electrons. The highest BCUT2D eigenvalue weighted by molar-refractivity contribution is 5.77. The minimum Gasteiger partial charge on any atom is -0.493 e. The lowest BCUT2D eigenvalue weighted by Crippen LogP contribution is -2.22. The molecule has 0 saturated carbocycles. The van der Waals surface area contributed by atoms with Crippen LogP contribution in [0, 0.1) is 23.0 Å². The van der Waals surface area contributed by atoms with E-state index in [1.54, 1.807) is 36.4 Å². The van der Waals surface area contributed by atoms with Gasteiger partial charge in [-0.1, -0.05) is 0 Å². The van der Waals surface area contributed by atoms with Gasteiger partial charge in [0, 0.05) is 24.9 Å². The summed E-state index contributed by atoms with van der Waals surface area (Å²) in [7, 11) is 4.27. The van der Waals surface area contributed by atoms with Crippen molar-refractivity contribution in [2.75, 3.05) is 25.7 Å². The van der Waals surface area contributed by atoms with E-state index in [2.05, 4.69) is 20.1 Å². The summed E-state index contributed by atoms with van der Waals surface area (Å²) in [5.74, 6) is -2.35. The summed E-state index contributed by atoms with van der Waals surface area (Å²) < 4.78 is 41.8. The van der Waals surface area contributed by atoms with Gasteiger partial charge in [-0.2, -0.15) is 10.4 Å². The Labute approximate surface area is 181 Å². The van der Waals surface area contributed by atoms with E-state index in [1.165, 1.54) is 20.3 Å². The van der Waals surface area contributed by atoms with Crippen molar-refractivity contribution < 1.29 is 18.3 Å². The summed E-state index contributed by atoms with van der Waals surface area (Å²) in [6.07, 6.45) is 4.99. The molecule has 0 saturated heterocycles. The van der Waals surface area contributed by atoms with Gasteiger partial charge in [-0.25, -0.2) is 18.7 Å². The van der Waals surface area contributed by atoms with Crippen LogP contribution in [0.3, 0.4) is 0 Å². The summed E-state index contributed by atoms with van der Waals surface area (Å²) in [6.45, 7) is -0.390. The highest BCUT2D eigenvalue weighted by Gasteiger charge is 2.27. The maximum atomic E-state index is 15.1. The number of hydrogen-bond acceptors (Lipinski definition) is 8. The number of fused-ring (bicyclic) bond motifs is 1. The predicted octanol–water partition coefficient (Wildman–Crippen LogP) is 3.38. The molecule has 0 spiro atoms. The van der Waals surface area contributed by atoms with Gasteiger partial charge in [-0.3, -0.25) is 9.67 Å². The molecule has 0 N–H and O–H groups in total. The lowest BCUT2D eigenvalue weighted by Gasteiger charge is -2.23. The van der Waals surface area contributed by atoms with Gasteiger partial charge in [0.2, 0.25) is 0 Å². The largest absolute Gasteiger partial charge is 0.493 e. The molecule has 0 aliphatic rings. The Morgan fingerprint density at radius 2 is 1.81 bits per heavy atom. The molecule has 0 aliphatic heterocycles. The molecule has 3 aromatic heterocycles. The Balaban J connectivity index is 1.87. The highest BCUT2D eigenvalue weighted by atomic mass is 19.1. The number of aryl methyl sites for hydroxylation is 1. The number of nitrogens with zero attached hydrogens (tertiary/aromatic N) is 7. The molecule has 3 heterocycles. The summed E-state index contributed by atoms with van der Waals surface area (Å²) in [5.41, 5.74) is 1.45. The quantitative estimate of drug-likeness (QED) is 0.423. The van der Waals surface area contributed by atoms with E-state index in [-0.39, 0.29) is 23.0 Å². The van der Waals surface area contributed by atoms with Crippen LogP contribution in [0.4, 0.5) is 20.3 Å². The monoisotopic (exact) mass is 437 g/mol. The van der Waals surface area contributed by atoms with Crippen LogP contribution < -0.4 is 14.4 Å². The Morgan fingerprint density at radius 3 is 2.41 bits per heavy atom. The van der Waals surface area contributed by atoms with Crippen molar-refractivity contribution in [3.63, 3.8) is 0 Å². The minimum absolute atomic E-state index is 0.102. The number of ether oxygens (including phenoxy) is 2. The first-order valence-electron chi connectivity index (χ1n) is 9.34. The molecule has 0 unspecified atom stereocenters. The van der Waals surface area contributed by atoms with Crippen LogP contribution in [0.2, 0.25) is 0 Å². The molecule has 11 heteroatoms. The molecule has 0 fully saturated rings. The highest BCUT2D eigenvalue weighted by Crippen LogP contribution is 2.39. The number of methoxy groups -OCH3 is 2. The molecule has 4 aromatic rings. The third-order valence-corrected chi connectivity index (χ3v) is 4.72. The van der Waals surface area contributed by atoms with E-state index in [9.17, 15) is 5.26 Å². The second-order valence-electron chi connectivity index (χ2n) is 6.67. The fourth-order valence-electron chi connectivity index (χ4n) is 3.19. The van der Waals surface area contributed by atoms with Gasteiger partial charge < -0.3 is 14.4 Å². The number of rotatable bonds is 6. The molecule has 0 bridgehead atoms. The lowest BCUT2D eigenvalue weighted by molar-refractivity contribution is 0.359. The molecular weight excluding hydrogens is 420 g/mol. The summed E-state index contributed by atoms with van der Waals surface area (Å²) >= 11 is 0. The first-order chi connectivity index (χ1) is 15.5. The minimum atomic E-state index is -0.988. The summed E-state index contributed by atoms with van der Waals surface area (Å²) in [6, 6.07) is 6.11. The summed E-state index contributed by atoms with van der Waals surface area (Å²) in [5, 5.41) is 13.5. The Bertz CT molecular complexity index is 1320. The molecule has 0 amide bonds. The van der Waals surface area contributed by atoms with Crippen molar-refractivity contribution in [1.82, 2.24) is 24.7 Å². The van der Waals surface area contributed by atoms with Gasteiger partial charge in [-0.15, -0.1) is 0 Å². The SMILES string of the molecule is COc1cc(OC)c(F)c(N(CC#N)c2ccc3ncc(-c4cnn(C)c4)nc3n2)c1F. The normalized spacial score (nSPS) is 10.8. The van der Waals surface area contributed by atoms with Crippen LogP contribution in [0.5, 0.6) is 11.5 Å². The predicted molar refractivity (Wildman–Crippen MR) is 112 cm³/mol. The van der Waals surface area contributed by atoms with E-state index in [1.807, 2.05) is 6.07 Å². The van der Waals surface area contributed by atoms with E-state index in [0.717, 1.165) is 16.5 Å². The Morgan fingerprint density at radius 1 is 1.09 bits per heavy atom. The maximum absolute atomic E-state index is 15.1. The zero-order valence-electron chi connectivity index (χ0n) is 17.4. The first kappa shape index (κ1) is 20.9. The number of anilines is 2. The van der Waals surface area contributed by atoms with Crippen molar-refractivity contribution in [3.05, 3.63) is 48.4 Å². The van der Waals surface area contributed by atoms with Gasteiger partial charge in [0.05, 0.1) is 38.4 Å². The topological polar surface area (TPSA) is 102 Å². The molecular formula is C21H17F2N7O2. The summed E-state index contributed by atoms with van der Waals surface area (Å²) in [4.78, 5) is 14.3. The van der Waals surface area contributed by atoms with Crippen LogP contribution in [0.15, 0.2) is 36.8 Å². The smallest absolute Gasteiger partial charge is 0.192 e. The molecule has 32 heavy (non-hydrogen) atoms. The van der Waals surface area contributed by atoms with Gasteiger partial charge in [-0.05, 0) is 12.1 Å². The molecule has 162 valence electrons. The Kier molecular flexibility index (Phi) is 5.51. The zero-order valence-corrected chi connectivity index (χ0v) is 17.4. The van der Waals surface area contributed by atoms with E-state index < -0.39 is 23.9 Å². The number of aromatic nitrogens is 5. The van der Waals surface area contributed by atoms with E-state index in [0.29, 0.717) is 11.2 Å². The standard InChI is InChI=1S/C21H17F2N7O2/c1-29-11-12(9-26-29)14-10-25-13-4-5-17(28-21(13)27-14)30(7-6-24)20-18(22)15(31-2)8-16(32-3)19(20)23/h4-5,8-11H,7H2,1-3H3. The van der Waals surface area contributed by atoms with Crippen molar-refractivity contribution in [2.24, 2.45) is 7.05 Å². The number of halogens is 2. The van der Waals surface area contributed by atoms with Crippen LogP contribution in [-0.2, 0) is 7.05 Å². The third-order valence-electron chi connectivity index (χ3n) is 4.72. The van der Waals surface area contributed by atoms with Gasteiger partial charge in [0.25, 0.3) is 0 Å². The second kappa shape index (κ2) is 8.43. The fraction of sp³-hybridized carbons (Fsp3) is 0.190. The van der Waals surface area contributed by atoms with Crippen molar-refractivity contribution in [2.45, 2.75) is 0 Å². The van der Waals surface area contributed by atoms with Crippen LogP contribution in [0.25, 0.3) is 22.4 Å². The van der Waals surface area contributed by atoms with Crippen molar-refractivity contribution in [1.29, 1.82) is 5.26 Å². The fourth-order valence-corrected chi connectivity index (χ4v) is 3.19. The van der Waals surface area contributed by atoms with Gasteiger partial charge in [0.1, 0.15) is 23.6 Å². The molecule has 1 aromatic carbocycles. The molecule has 0 aliphatic carbocycles. The average Bonchev–Trinajstić information content (AvgIpc) is 3.24. The van der Waals surface area contributed by atoms with Crippen LogP contribution >= 0.6 is 0 Å². The average molecular weight is 437 g/mol. The maximum Gasteiger partial charge on any atom is 0.192 e. The van der Waals surface area contributed by atoms with Crippen molar-refractivity contribution >= 4 is 22.7 Å². The number of pyridine rings is 1. The second-order valence-corrected chi connectivity index (χ2v) is 6.67. The molecule has 9 nitrogen and oxygen atoms in total. The van der Waals surface area contributed by atoms with Gasteiger partial charge in [0.15, 0.2) is 28.8 Å². The Hall–Kier alpha value is -4.33. The van der Waals surface area contributed by atoms with Crippen LogP contribution in [0.1, 0.15) is 0 Å². The first-order valence-corrected chi connectivity index (χ1v) is 9.34. The van der Waals surface area contributed by atoms with Gasteiger partial charge >= 0.3 is 0 Å². The zero-order chi connectivity index (χ0) is 22.8. The number of nitriles is 1. The number of benzene rings is 1. The molecule has 0 atom stereocenters. The van der Waals surface area contributed by atoms with E-state index >= 15 is 8.78 Å². The third kappa shape index (κ3) is 3.62.